The van der Waals surface area contributed by atoms with Gasteiger partial charge in [0.05, 0.1) is 9.83 Å². The van der Waals surface area contributed by atoms with Crippen LogP contribution < -0.4 is 0 Å². The van der Waals surface area contributed by atoms with Crippen LogP contribution in [-0.4, -0.2) is 10.7 Å². The van der Waals surface area contributed by atoms with Gasteiger partial charge in [0.1, 0.15) is 11.5 Å². The van der Waals surface area contributed by atoms with E-state index in [1.165, 1.54) is 23.9 Å². The molecule has 2 heterocycles. The molecule has 5 nitrogen and oxygen atoms in total. The van der Waals surface area contributed by atoms with Crippen LogP contribution in [0.5, 0.6) is 0 Å². The molecule has 0 unspecified atom stereocenters. The summed E-state index contributed by atoms with van der Waals surface area (Å²) >= 11 is 1.43. The number of aryl methyl sites for hydroxylation is 1. The Morgan fingerprint density at radius 2 is 1.88 bits per heavy atom. The van der Waals surface area contributed by atoms with Crippen molar-refractivity contribution in [1.82, 2.24) is 0 Å². The molecule has 0 bridgehead atoms. The maximum absolute atomic E-state index is 12.4. The Morgan fingerprint density at radius 3 is 2.62 bits per heavy atom. The third kappa shape index (κ3) is 2.84. The molecule has 26 heavy (non-hydrogen) atoms. The van der Waals surface area contributed by atoms with Gasteiger partial charge in [-0.1, -0.05) is 23.9 Å². The van der Waals surface area contributed by atoms with Gasteiger partial charge >= 0.3 is 0 Å². The minimum atomic E-state index is -0.421. The summed E-state index contributed by atoms with van der Waals surface area (Å²) in [7, 11) is 0. The molecule has 0 spiro atoms. The Kier molecular flexibility index (Phi) is 3.97. The second-order valence-electron chi connectivity index (χ2n) is 5.89. The molecule has 0 aliphatic carbocycles. The molecule has 0 saturated carbocycles. The summed E-state index contributed by atoms with van der Waals surface area (Å²) in [4.78, 5) is 24.4. The van der Waals surface area contributed by atoms with Gasteiger partial charge in [0.25, 0.3) is 5.69 Å². The van der Waals surface area contributed by atoms with Crippen molar-refractivity contribution in [3.8, 4) is 11.3 Å². The summed E-state index contributed by atoms with van der Waals surface area (Å²) in [5.41, 5.74) is 2.30. The lowest BCUT2D eigenvalue weighted by Gasteiger charge is -2.02. The van der Waals surface area contributed by atoms with Crippen LogP contribution in [0.25, 0.3) is 17.4 Å². The molecular weight excluding hydrogens is 350 g/mol. The highest BCUT2D eigenvalue weighted by molar-refractivity contribution is 8.04. The molecule has 0 radical (unpaired) electrons. The summed E-state index contributed by atoms with van der Waals surface area (Å²) in [5.74, 6) is 1.17. The topological polar surface area (TPSA) is 73.3 Å². The number of ketones is 1. The molecule has 6 heteroatoms. The van der Waals surface area contributed by atoms with E-state index in [9.17, 15) is 14.9 Å². The average molecular weight is 363 g/mol. The molecule has 2 aromatic carbocycles. The third-order valence-electron chi connectivity index (χ3n) is 4.16. The van der Waals surface area contributed by atoms with Crippen LogP contribution in [0.15, 0.2) is 68.8 Å². The van der Waals surface area contributed by atoms with Crippen LogP contribution >= 0.6 is 11.8 Å². The number of fused-ring (bicyclic) bond motifs is 1. The number of nitrogens with zero attached hydrogens (tertiary/aromatic N) is 1. The van der Waals surface area contributed by atoms with Crippen molar-refractivity contribution < 1.29 is 14.1 Å². The summed E-state index contributed by atoms with van der Waals surface area (Å²) in [6, 6.07) is 15.7. The summed E-state index contributed by atoms with van der Waals surface area (Å²) in [6.45, 7) is 1.80. The zero-order chi connectivity index (χ0) is 18.3. The number of allylic oxidation sites excluding steroid dienone is 1. The molecule has 0 saturated heterocycles. The molecule has 0 atom stereocenters. The first kappa shape index (κ1) is 16.4. The molecule has 0 fully saturated rings. The average Bonchev–Trinajstić information content (AvgIpc) is 3.21. The Bertz CT molecular complexity index is 1080. The monoisotopic (exact) mass is 363 g/mol. The van der Waals surface area contributed by atoms with E-state index in [4.69, 9.17) is 4.42 Å². The third-order valence-corrected chi connectivity index (χ3v) is 5.26. The standard InChI is InChI=1S/C20H13NO4S/c1-12-10-13(21(23)24)6-8-15(12)17-9-7-14(25-17)11-19-20(22)16-4-2-3-5-18(16)26-19/h2-11H,1H3/b19-11+. The van der Waals surface area contributed by atoms with Crippen molar-refractivity contribution in [1.29, 1.82) is 0 Å². The van der Waals surface area contributed by atoms with Gasteiger partial charge < -0.3 is 4.42 Å². The molecule has 3 aromatic rings. The van der Waals surface area contributed by atoms with E-state index in [0.29, 0.717) is 22.0 Å². The number of nitro benzene ring substituents is 1. The summed E-state index contributed by atoms with van der Waals surface area (Å²) in [6.07, 6.45) is 1.73. The fourth-order valence-corrected chi connectivity index (χ4v) is 3.91. The first-order valence-electron chi connectivity index (χ1n) is 7.91. The highest BCUT2D eigenvalue weighted by Gasteiger charge is 2.25. The van der Waals surface area contributed by atoms with E-state index >= 15 is 0 Å². The second kappa shape index (κ2) is 6.31. The van der Waals surface area contributed by atoms with Gasteiger partial charge in [0.2, 0.25) is 5.78 Å². The minimum absolute atomic E-state index is 0.00457. The molecule has 0 amide bonds. The summed E-state index contributed by atoms with van der Waals surface area (Å²) < 4.78 is 5.85. The SMILES string of the molecule is Cc1cc([N+](=O)[O-])ccc1-c1ccc(/C=C2/Sc3ccccc3C2=O)o1. The molecule has 0 N–H and O–H groups in total. The van der Waals surface area contributed by atoms with Gasteiger partial charge in [-0.25, -0.2) is 0 Å². The Morgan fingerprint density at radius 1 is 1.08 bits per heavy atom. The second-order valence-corrected chi connectivity index (χ2v) is 6.98. The van der Waals surface area contributed by atoms with Gasteiger partial charge in [-0.3, -0.25) is 14.9 Å². The maximum atomic E-state index is 12.4. The van der Waals surface area contributed by atoms with E-state index in [1.807, 2.05) is 24.3 Å². The lowest BCUT2D eigenvalue weighted by atomic mass is 10.1. The van der Waals surface area contributed by atoms with Crippen LogP contribution in [0.4, 0.5) is 5.69 Å². The van der Waals surface area contributed by atoms with Crippen molar-refractivity contribution in [2.75, 3.05) is 0 Å². The molecular formula is C20H13NO4S. The number of benzene rings is 2. The van der Waals surface area contributed by atoms with E-state index in [-0.39, 0.29) is 11.5 Å². The fraction of sp³-hybridized carbons (Fsp3) is 0.0500. The smallest absolute Gasteiger partial charge is 0.269 e. The highest BCUT2D eigenvalue weighted by atomic mass is 32.2. The van der Waals surface area contributed by atoms with Crippen molar-refractivity contribution in [3.63, 3.8) is 0 Å². The van der Waals surface area contributed by atoms with Crippen molar-refractivity contribution >= 4 is 29.3 Å². The number of Topliss-reactive ketones (excluding diaryl/α,β-unsaturated/α-hetero) is 1. The van der Waals surface area contributed by atoms with Crippen LogP contribution in [0, 0.1) is 17.0 Å². The lowest BCUT2D eigenvalue weighted by molar-refractivity contribution is -0.384. The molecule has 4 rings (SSSR count). The van der Waals surface area contributed by atoms with Crippen LogP contribution in [0.2, 0.25) is 0 Å². The molecule has 1 aliphatic heterocycles. The van der Waals surface area contributed by atoms with E-state index < -0.39 is 4.92 Å². The highest BCUT2D eigenvalue weighted by Crippen LogP contribution is 2.41. The zero-order valence-electron chi connectivity index (χ0n) is 13.8. The molecule has 1 aliphatic rings. The number of rotatable bonds is 3. The largest absolute Gasteiger partial charge is 0.457 e. The number of carbonyl (C=O) groups excluding carboxylic acids is 1. The van der Waals surface area contributed by atoms with Gasteiger partial charge in [-0.05, 0) is 48.9 Å². The van der Waals surface area contributed by atoms with E-state index in [1.54, 1.807) is 31.2 Å². The maximum Gasteiger partial charge on any atom is 0.269 e. The Hall–Kier alpha value is -3.12. The first-order valence-corrected chi connectivity index (χ1v) is 8.73. The number of furan rings is 1. The predicted molar refractivity (Wildman–Crippen MR) is 100 cm³/mol. The quantitative estimate of drug-likeness (QED) is 0.349. The number of carbonyl (C=O) groups is 1. The number of nitro groups is 1. The van der Waals surface area contributed by atoms with Crippen molar-refractivity contribution in [2.24, 2.45) is 0 Å². The van der Waals surface area contributed by atoms with Crippen molar-refractivity contribution in [3.05, 3.63) is 86.5 Å². The normalized spacial score (nSPS) is 14.7. The van der Waals surface area contributed by atoms with E-state index in [0.717, 1.165) is 16.0 Å². The number of hydrogen-bond donors (Lipinski definition) is 0. The molecule has 128 valence electrons. The Labute approximate surface area is 153 Å². The number of hydrogen-bond acceptors (Lipinski definition) is 5. The van der Waals surface area contributed by atoms with Gasteiger partial charge in [-0.15, -0.1) is 0 Å². The van der Waals surface area contributed by atoms with Gasteiger partial charge in [0.15, 0.2) is 0 Å². The van der Waals surface area contributed by atoms with Crippen LogP contribution in [-0.2, 0) is 0 Å². The van der Waals surface area contributed by atoms with Crippen molar-refractivity contribution in [2.45, 2.75) is 11.8 Å². The minimum Gasteiger partial charge on any atom is -0.457 e. The zero-order valence-corrected chi connectivity index (χ0v) is 14.6. The fourth-order valence-electron chi connectivity index (χ4n) is 2.88. The Balaban J connectivity index is 1.64. The number of thioether (sulfide) groups is 1. The van der Waals surface area contributed by atoms with Gasteiger partial charge in [-0.2, -0.15) is 0 Å². The van der Waals surface area contributed by atoms with Crippen LogP contribution in [0.3, 0.4) is 0 Å². The van der Waals surface area contributed by atoms with Gasteiger partial charge in [0, 0.05) is 28.2 Å². The van der Waals surface area contributed by atoms with E-state index in [2.05, 4.69) is 0 Å². The first-order chi connectivity index (χ1) is 12.5. The predicted octanol–water partition coefficient (Wildman–Crippen LogP) is 5.49. The lowest BCUT2D eigenvalue weighted by Crippen LogP contribution is -1.93. The number of non-ortho nitro benzene ring substituents is 1. The van der Waals surface area contributed by atoms with Crippen LogP contribution in [0.1, 0.15) is 21.7 Å². The summed E-state index contributed by atoms with van der Waals surface area (Å²) in [5, 5.41) is 10.9. The molecule has 1 aromatic heterocycles.